The van der Waals surface area contributed by atoms with Gasteiger partial charge in [0.2, 0.25) is 0 Å². The molecule has 21 heavy (non-hydrogen) atoms. The Morgan fingerprint density at radius 2 is 2.19 bits per heavy atom. The van der Waals surface area contributed by atoms with Gasteiger partial charge >= 0.3 is 0 Å². The van der Waals surface area contributed by atoms with Crippen LogP contribution in [-0.4, -0.2) is 44.7 Å². The summed E-state index contributed by atoms with van der Waals surface area (Å²) in [6.07, 6.45) is 0.320. The van der Waals surface area contributed by atoms with Gasteiger partial charge in [-0.1, -0.05) is 23.4 Å². The molecule has 112 valence electrons. The second kappa shape index (κ2) is 6.25. The average molecular weight is 289 g/mol. The van der Waals surface area contributed by atoms with Crippen molar-refractivity contribution in [1.82, 2.24) is 14.7 Å². The molecule has 0 aliphatic carbocycles. The van der Waals surface area contributed by atoms with Gasteiger partial charge in [-0.15, -0.1) is 0 Å². The average Bonchev–Trinajstić information content (AvgIpc) is 2.85. The van der Waals surface area contributed by atoms with Gasteiger partial charge < -0.3 is 15.8 Å². The lowest BCUT2D eigenvalue weighted by Crippen LogP contribution is -2.34. The molecular formula is C14H19N5O2. The zero-order valence-corrected chi connectivity index (χ0v) is 12.2. The molecule has 0 aliphatic rings. The van der Waals surface area contributed by atoms with Gasteiger partial charge in [0.05, 0.1) is 5.52 Å². The first kappa shape index (κ1) is 14.8. The predicted molar refractivity (Wildman–Crippen MR) is 80.3 cm³/mol. The highest BCUT2D eigenvalue weighted by molar-refractivity contribution is 6.04. The summed E-state index contributed by atoms with van der Waals surface area (Å²) in [7, 11) is 1.81. The fourth-order valence-corrected chi connectivity index (χ4v) is 2.22. The first-order valence-electron chi connectivity index (χ1n) is 6.75. The molecule has 0 radical (unpaired) electrons. The SMILES string of the molecule is CCN(CC/C(N)=N/O)C(=O)c1nn(C)c2ccccc12. The van der Waals surface area contributed by atoms with E-state index in [4.69, 9.17) is 10.9 Å². The number of carbonyl (C=O) groups excluding carboxylic acids is 1. The second-order valence-corrected chi connectivity index (χ2v) is 4.72. The lowest BCUT2D eigenvalue weighted by Gasteiger charge is -2.19. The van der Waals surface area contributed by atoms with Crippen molar-refractivity contribution in [1.29, 1.82) is 0 Å². The normalized spacial score (nSPS) is 11.8. The molecule has 0 fully saturated rings. The van der Waals surface area contributed by atoms with Gasteiger partial charge in [-0.3, -0.25) is 9.48 Å². The number of aromatic nitrogens is 2. The Kier molecular flexibility index (Phi) is 4.42. The first-order valence-corrected chi connectivity index (χ1v) is 6.75. The van der Waals surface area contributed by atoms with Crippen molar-refractivity contribution in [2.24, 2.45) is 17.9 Å². The zero-order valence-electron chi connectivity index (χ0n) is 12.2. The van der Waals surface area contributed by atoms with Crippen molar-refractivity contribution in [2.45, 2.75) is 13.3 Å². The van der Waals surface area contributed by atoms with Crippen LogP contribution in [0.4, 0.5) is 0 Å². The molecule has 2 aromatic rings. The molecule has 7 nitrogen and oxygen atoms in total. The third kappa shape index (κ3) is 2.96. The number of amidine groups is 1. The Balaban J connectivity index is 2.27. The van der Waals surface area contributed by atoms with E-state index in [1.807, 2.05) is 38.2 Å². The monoisotopic (exact) mass is 289 g/mol. The number of fused-ring (bicyclic) bond motifs is 1. The number of aryl methyl sites for hydroxylation is 1. The number of hydrogen-bond acceptors (Lipinski definition) is 4. The first-order chi connectivity index (χ1) is 10.1. The van der Waals surface area contributed by atoms with Gasteiger partial charge in [0.25, 0.3) is 5.91 Å². The van der Waals surface area contributed by atoms with Crippen molar-refractivity contribution in [2.75, 3.05) is 13.1 Å². The molecule has 0 saturated heterocycles. The van der Waals surface area contributed by atoms with Crippen LogP contribution >= 0.6 is 0 Å². The summed E-state index contributed by atoms with van der Waals surface area (Å²) in [6, 6.07) is 7.60. The van der Waals surface area contributed by atoms with Crippen molar-refractivity contribution in [3.8, 4) is 0 Å². The number of benzene rings is 1. The highest BCUT2D eigenvalue weighted by Crippen LogP contribution is 2.19. The molecule has 3 N–H and O–H groups in total. The van der Waals surface area contributed by atoms with Crippen molar-refractivity contribution in [3.63, 3.8) is 0 Å². The molecule has 0 bridgehead atoms. The third-order valence-corrected chi connectivity index (χ3v) is 3.40. The zero-order chi connectivity index (χ0) is 15.4. The van der Waals surface area contributed by atoms with Crippen LogP contribution in [0.15, 0.2) is 29.4 Å². The maximum atomic E-state index is 12.6. The molecule has 1 heterocycles. The molecular weight excluding hydrogens is 270 g/mol. The van der Waals surface area contributed by atoms with E-state index >= 15 is 0 Å². The smallest absolute Gasteiger partial charge is 0.275 e. The van der Waals surface area contributed by atoms with Crippen LogP contribution in [-0.2, 0) is 7.05 Å². The van der Waals surface area contributed by atoms with Crippen LogP contribution in [0.3, 0.4) is 0 Å². The quantitative estimate of drug-likeness (QED) is 0.374. The fraction of sp³-hybridized carbons (Fsp3) is 0.357. The molecule has 1 amide bonds. The van der Waals surface area contributed by atoms with Crippen LogP contribution in [0, 0.1) is 0 Å². The summed E-state index contributed by atoms with van der Waals surface area (Å²) < 4.78 is 1.69. The summed E-state index contributed by atoms with van der Waals surface area (Å²) in [5.41, 5.74) is 6.79. The van der Waals surface area contributed by atoms with E-state index in [9.17, 15) is 4.79 Å². The number of rotatable bonds is 5. The summed E-state index contributed by atoms with van der Waals surface area (Å²) in [4.78, 5) is 14.2. The third-order valence-electron chi connectivity index (χ3n) is 3.40. The molecule has 0 spiro atoms. The number of amides is 1. The van der Waals surface area contributed by atoms with Gasteiger partial charge in [-0.05, 0) is 13.0 Å². The van der Waals surface area contributed by atoms with Crippen LogP contribution < -0.4 is 5.73 Å². The van der Waals surface area contributed by atoms with Gasteiger partial charge in [0.1, 0.15) is 5.84 Å². The molecule has 1 aromatic heterocycles. The molecule has 1 aromatic carbocycles. The van der Waals surface area contributed by atoms with E-state index in [0.29, 0.717) is 25.2 Å². The van der Waals surface area contributed by atoms with Crippen LogP contribution in [0.2, 0.25) is 0 Å². The Morgan fingerprint density at radius 1 is 1.48 bits per heavy atom. The Labute approximate surface area is 122 Å². The topological polar surface area (TPSA) is 96.7 Å². The number of oxime groups is 1. The van der Waals surface area contributed by atoms with Gasteiger partial charge in [-0.2, -0.15) is 5.10 Å². The number of para-hydroxylation sites is 1. The largest absolute Gasteiger partial charge is 0.409 e. The Hall–Kier alpha value is -2.57. The minimum Gasteiger partial charge on any atom is -0.409 e. The van der Waals surface area contributed by atoms with Crippen molar-refractivity contribution in [3.05, 3.63) is 30.0 Å². The standard InChI is InChI=1S/C14H19N5O2/c1-3-19(9-8-12(15)17-21)14(20)13-10-6-4-5-7-11(10)18(2)16-13/h4-7,21H,3,8-9H2,1-2H3,(H2,15,17). The van der Waals surface area contributed by atoms with E-state index in [2.05, 4.69) is 10.3 Å². The molecule has 0 atom stereocenters. The second-order valence-electron chi connectivity index (χ2n) is 4.72. The fourth-order valence-electron chi connectivity index (χ4n) is 2.22. The summed E-state index contributed by atoms with van der Waals surface area (Å²) in [6.45, 7) is 2.80. The van der Waals surface area contributed by atoms with E-state index in [0.717, 1.165) is 10.9 Å². The molecule has 7 heteroatoms. The van der Waals surface area contributed by atoms with Gasteiger partial charge in [0.15, 0.2) is 5.69 Å². The van der Waals surface area contributed by atoms with Crippen LogP contribution in [0.1, 0.15) is 23.8 Å². The molecule has 0 aliphatic heterocycles. The van der Waals surface area contributed by atoms with E-state index < -0.39 is 0 Å². The number of nitrogens with zero attached hydrogens (tertiary/aromatic N) is 4. The Bertz CT molecular complexity index is 677. The summed E-state index contributed by atoms with van der Waals surface area (Å²) in [5, 5.41) is 16.6. The predicted octanol–water partition coefficient (Wildman–Crippen LogP) is 1.17. The minimum atomic E-state index is -0.153. The van der Waals surface area contributed by atoms with Crippen LogP contribution in [0.5, 0.6) is 0 Å². The van der Waals surface area contributed by atoms with Crippen molar-refractivity contribution >= 4 is 22.6 Å². The lowest BCUT2D eigenvalue weighted by atomic mass is 10.2. The summed E-state index contributed by atoms with van der Waals surface area (Å²) >= 11 is 0. The van der Waals surface area contributed by atoms with Crippen LogP contribution in [0.25, 0.3) is 10.9 Å². The van der Waals surface area contributed by atoms with E-state index in [1.54, 1.807) is 9.58 Å². The molecule has 0 saturated carbocycles. The van der Waals surface area contributed by atoms with E-state index in [1.165, 1.54) is 0 Å². The number of nitrogens with two attached hydrogens (primary N) is 1. The highest BCUT2D eigenvalue weighted by Gasteiger charge is 2.20. The molecule has 2 rings (SSSR count). The maximum absolute atomic E-state index is 12.6. The Morgan fingerprint density at radius 3 is 2.86 bits per heavy atom. The minimum absolute atomic E-state index is 0.104. The number of hydrogen-bond donors (Lipinski definition) is 2. The highest BCUT2D eigenvalue weighted by atomic mass is 16.4. The lowest BCUT2D eigenvalue weighted by molar-refractivity contribution is 0.0763. The summed E-state index contributed by atoms with van der Waals surface area (Å²) in [5.74, 6) is -0.0489. The number of carbonyl (C=O) groups is 1. The van der Waals surface area contributed by atoms with E-state index in [-0.39, 0.29) is 11.7 Å². The van der Waals surface area contributed by atoms with Crippen molar-refractivity contribution < 1.29 is 10.0 Å². The van der Waals surface area contributed by atoms with Gasteiger partial charge in [0, 0.05) is 31.9 Å². The maximum Gasteiger partial charge on any atom is 0.275 e. The van der Waals surface area contributed by atoms with Gasteiger partial charge in [-0.25, -0.2) is 0 Å². The molecule has 0 unspecified atom stereocenters.